The Bertz CT molecular complexity index is 937. The van der Waals surface area contributed by atoms with E-state index in [4.69, 9.17) is 0 Å². The van der Waals surface area contributed by atoms with Gasteiger partial charge in [-0.15, -0.1) is 0 Å². The highest BCUT2D eigenvalue weighted by Crippen LogP contribution is 2.23. The fraction of sp³-hybridized carbons (Fsp3) is 0.476. The summed E-state index contributed by atoms with van der Waals surface area (Å²) in [6.45, 7) is 6.08. The molecule has 28 heavy (non-hydrogen) atoms. The number of hydrogen-bond acceptors (Lipinski definition) is 4. The number of fused-ring (bicyclic) bond motifs is 1. The van der Waals surface area contributed by atoms with Gasteiger partial charge in [0.15, 0.2) is 0 Å². The molecule has 7 heteroatoms. The van der Waals surface area contributed by atoms with Crippen molar-refractivity contribution in [3.63, 3.8) is 0 Å². The van der Waals surface area contributed by atoms with Crippen LogP contribution in [0.5, 0.6) is 0 Å². The zero-order valence-corrected chi connectivity index (χ0v) is 17.7. The van der Waals surface area contributed by atoms with Crippen LogP contribution in [0.25, 0.3) is 10.8 Å². The number of piperazine rings is 1. The van der Waals surface area contributed by atoms with Crippen molar-refractivity contribution in [1.82, 2.24) is 14.1 Å². The molecule has 1 atom stereocenters. The number of amides is 1. The van der Waals surface area contributed by atoms with Gasteiger partial charge in [0.25, 0.3) is 0 Å². The van der Waals surface area contributed by atoms with Crippen LogP contribution in [0.2, 0.25) is 0 Å². The summed E-state index contributed by atoms with van der Waals surface area (Å²) in [6, 6.07) is 13.3. The zero-order chi connectivity index (χ0) is 20.3. The van der Waals surface area contributed by atoms with Crippen molar-refractivity contribution in [2.45, 2.75) is 31.2 Å². The van der Waals surface area contributed by atoms with E-state index in [0.717, 1.165) is 17.2 Å². The Morgan fingerprint density at radius 1 is 1.07 bits per heavy atom. The van der Waals surface area contributed by atoms with Gasteiger partial charge in [-0.3, -0.25) is 9.69 Å². The Morgan fingerprint density at radius 2 is 1.71 bits per heavy atom. The summed E-state index contributed by atoms with van der Waals surface area (Å²) in [5.74, 6) is 0.0607. The van der Waals surface area contributed by atoms with Crippen molar-refractivity contribution >= 4 is 26.7 Å². The van der Waals surface area contributed by atoms with Crippen LogP contribution in [0.4, 0.5) is 0 Å². The molecule has 0 aromatic heterocycles. The molecule has 1 heterocycles. The lowest BCUT2D eigenvalue weighted by Crippen LogP contribution is -2.52. The molecule has 6 nitrogen and oxygen atoms in total. The second-order valence-corrected chi connectivity index (χ2v) is 9.40. The lowest BCUT2D eigenvalue weighted by molar-refractivity contribution is -0.133. The van der Waals surface area contributed by atoms with Crippen molar-refractivity contribution in [2.75, 3.05) is 39.8 Å². The normalized spacial score (nSPS) is 17.2. The molecule has 0 bridgehead atoms. The number of likely N-dealkylation sites (N-methyl/N-ethyl adjacent to an activating group) is 1. The fourth-order valence-corrected chi connectivity index (χ4v) is 4.89. The Morgan fingerprint density at radius 3 is 2.36 bits per heavy atom. The Balaban J connectivity index is 1.65. The van der Waals surface area contributed by atoms with Crippen molar-refractivity contribution in [3.05, 3.63) is 42.5 Å². The highest BCUT2D eigenvalue weighted by Gasteiger charge is 2.30. The maximum absolute atomic E-state index is 13.0. The van der Waals surface area contributed by atoms with E-state index in [0.29, 0.717) is 43.7 Å². The third kappa shape index (κ3) is 4.37. The van der Waals surface area contributed by atoms with Gasteiger partial charge in [0.05, 0.1) is 11.4 Å². The predicted octanol–water partition coefficient (Wildman–Crippen LogP) is 2.40. The summed E-state index contributed by atoms with van der Waals surface area (Å²) in [5.41, 5.74) is 0. The van der Waals surface area contributed by atoms with Gasteiger partial charge in [-0.2, -0.15) is 4.31 Å². The Kier molecular flexibility index (Phi) is 6.37. The van der Waals surface area contributed by atoms with Gasteiger partial charge in [0.2, 0.25) is 15.9 Å². The lowest BCUT2D eigenvalue weighted by atomic mass is 10.1. The van der Waals surface area contributed by atoms with E-state index in [2.05, 4.69) is 13.8 Å². The smallest absolute Gasteiger partial charge is 0.243 e. The van der Waals surface area contributed by atoms with E-state index in [1.54, 1.807) is 17.0 Å². The van der Waals surface area contributed by atoms with Crippen LogP contribution in [-0.2, 0) is 14.8 Å². The summed E-state index contributed by atoms with van der Waals surface area (Å²) in [4.78, 5) is 16.6. The van der Waals surface area contributed by atoms with E-state index < -0.39 is 10.0 Å². The molecule has 152 valence electrons. The molecule has 1 fully saturated rings. The van der Waals surface area contributed by atoms with Gasteiger partial charge in [-0.25, -0.2) is 8.42 Å². The zero-order valence-electron chi connectivity index (χ0n) is 16.8. The Hall–Kier alpha value is -1.96. The standard InChI is InChI=1S/C21H29N3O3S/c1-4-17(2)22(3)16-21(25)23-11-13-24(14-12-23)28(26,27)20-10-9-18-7-5-6-8-19(18)15-20/h5-10,15,17H,4,11-14,16H2,1-3H3. The number of benzene rings is 2. The molecule has 1 saturated heterocycles. The van der Waals surface area contributed by atoms with Crippen LogP contribution in [0.15, 0.2) is 47.4 Å². The van der Waals surface area contributed by atoms with Crippen LogP contribution >= 0.6 is 0 Å². The fourth-order valence-electron chi connectivity index (χ4n) is 3.44. The van der Waals surface area contributed by atoms with Gasteiger partial charge < -0.3 is 4.90 Å². The van der Waals surface area contributed by atoms with E-state index in [9.17, 15) is 13.2 Å². The second kappa shape index (κ2) is 8.59. The summed E-state index contributed by atoms with van der Waals surface area (Å²) >= 11 is 0. The average Bonchev–Trinajstić information content (AvgIpc) is 2.72. The number of nitrogens with zero attached hydrogens (tertiary/aromatic N) is 3. The molecule has 3 rings (SSSR count). The Labute approximate surface area is 167 Å². The topological polar surface area (TPSA) is 60.9 Å². The average molecular weight is 404 g/mol. The first-order chi connectivity index (χ1) is 13.3. The molecule has 0 N–H and O–H groups in total. The summed E-state index contributed by atoms with van der Waals surface area (Å²) in [5, 5.41) is 1.92. The van der Waals surface area contributed by atoms with Gasteiger partial charge in [0, 0.05) is 32.2 Å². The van der Waals surface area contributed by atoms with E-state index in [-0.39, 0.29) is 5.91 Å². The second-order valence-electron chi connectivity index (χ2n) is 7.47. The molecule has 0 saturated carbocycles. The molecule has 0 spiro atoms. The molecule has 1 aliphatic rings. The van der Waals surface area contributed by atoms with Gasteiger partial charge in [-0.1, -0.05) is 37.3 Å². The first kappa shape index (κ1) is 20.8. The van der Waals surface area contributed by atoms with Crippen LogP contribution in [-0.4, -0.2) is 74.2 Å². The first-order valence-electron chi connectivity index (χ1n) is 9.80. The van der Waals surface area contributed by atoms with E-state index in [1.165, 1.54) is 4.31 Å². The maximum atomic E-state index is 13.0. The number of hydrogen-bond donors (Lipinski definition) is 0. The molecule has 0 aliphatic carbocycles. The highest BCUT2D eigenvalue weighted by atomic mass is 32.2. The molecule has 1 aliphatic heterocycles. The van der Waals surface area contributed by atoms with Gasteiger partial charge in [-0.05, 0) is 43.3 Å². The minimum absolute atomic E-state index is 0.0607. The van der Waals surface area contributed by atoms with Gasteiger partial charge >= 0.3 is 0 Å². The highest BCUT2D eigenvalue weighted by molar-refractivity contribution is 7.89. The number of rotatable bonds is 6. The quantitative estimate of drug-likeness (QED) is 0.743. The van der Waals surface area contributed by atoms with Crippen LogP contribution in [0.1, 0.15) is 20.3 Å². The molecule has 2 aromatic carbocycles. The van der Waals surface area contributed by atoms with Gasteiger partial charge in [0.1, 0.15) is 0 Å². The monoisotopic (exact) mass is 403 g/mol. The van der Waals surface area contributed by atoms with Crippen molar-refractivity contribution < 1.29 is 13.2 Å². The molecule has 2 aromatic rings. The van der Waals surface area contributed by atoms with Crippen molar-refractivity contribution in [1.29, 1.82) is 0 Å². The minimum atomic E-state index is -3.56. The minimum Gasteiger partial charge on any atom is -0.339 e. The van der Waals surface area contributed by atoms with E-state index >= 15 is 0 Å². The summed E-state index contributed by atoms with van der Waals surface area (Å²) in [6.07, 6.45) is 0.988. The van der Waals surface area contributed by atoms with Crippen molar-refractivity contribution in [2.24, 2.45) is 0 Å². The van der Waals surface area contributed by atoms with Crippen LogP contribution in [0, 0.1) is 0 Å². The summed E-state index contributed by atoms with van der Waals surface area (Å²) < 4.78 is 27.5. The first-order valence-corrected chi connectivity index (χ1v) is 11.2. The van der Waals surface area contributed by atoms with E-state index in [1.807, 2.05) is 42.3 Å². The molecule has 1 amide bonds. The molecular weight excluding hydrogens is 374 g/mol. The maximum Gasteiger partial charge on any atom is 0.243 e. The van der Waals surface area contributed by atoms with Crippen LogP contribution < -0.4 is 0 Å². The molecule has 1 unspecified atom stereocenters. The largest absolute Gasteiger partial charge is 0.339 e. The third-order valence-corrected chi connectivity index (χ3v) is 7.57. The number of sulfonamides is 1. The van der Waals surface area contributed by atoms with Crippen molar-refractivity contribution in [3.8, 4) is 0 Å². The van der Waals surface area contributed by atoms with Crippen LogP contribution in [0.3, 0.4) is 0 Å². The molecule has 0 radical (unpaired) electrons. The summed E-state index contributed by atoms with van der Waals surface area (Å²) in [7, 11) is -1.61. The predicted molar refractivity (Wildman–Crippen MR) is 112 cm³/mol. The molecular formula is C21H29N3O3S. The number of carbonyl (C=O) groups is 1. The number of carbonyl (C=O) groups excluding carboxylic acids is 1. The third-order valence-electron chi connectivity index (χ3n) is 5.68. The lowest BCUT2D eigenvalue weighted by Gasteiger charge is -2.35. The SMILES string of the molecule is CCC(C)N(C)CC(=O)N1CCN(S(=O)(=O)c2ccc3ccccc3c2)CC1.